The average Bonchev–Trinajstić information content (AvgIpc) is 3.23. The van der Waals surface area contributed by atoms with Crippen molar-refractivity contribution in [1.82, 2.24) is 4.90 Å². The van der Waals surface area contributed by atoms with Gasteiger partial charge in [0.1, 0.15) is 0 Å². The van der Waals surface area contributed by atoms with Gasteiger partial charge in [0, 0.05) is 25.2 Å². The van der Waals surface area contributed by atoms with Crippen LogP contribution >= 0.6 is 0 Å². The Labute approximate surface area is 118 Å². The summed E-state index contributed by atoms with van der Waals surface area (Å²) in [6.07, 6.45) is 2.81. The minimum Gasteiger partial charge on any atom is -0.329 e. The van der Waals surface area contributed by atoms with E-state index in [-0.39, 0.29) is 0 Å². The van der Waals surface area contributed by atoms with Gasteiger partial charge in [-0.25, -0.2) is 0 Å². The van der Waals surface area contributed by atoms with Crippen molar-refractivity contribution >= 4 is 0 Å². The molecule has 0 bridgehead atoms. The van der Waals surface area contributed by atoms with E-state index in [4.69, 9.17) is 5.73 Å². The SMILES string of the molecule is CC(c1ccccc1)C(CN)N(CC1CC1)C(C)C. The first-order valence-corrected chi connectivity index (χ1v) is 7.64. The molecule has 1 aromatic rings. The summed E-state index contributed by atoms with van der Waals surface area (Å²) in [5.74, 6) is 1.41. The Bertz CT molecular complexity index is 370. The Morgan fingerprint density at radius 1 is 1.16 bits per heavy atom. The Balaban J connectivity index is 2.11. The van der Waals surface area contributed by atoms with Crippen molar-refractivity contribution in [2.24, 2.45) is 11.7 Å². The molecule has 2 unspecified atom stereocenters. The van der Waals surface area contributed by atoms with Crippen LogP contribution in [-0.2, 0) is 0 Å². The van der Waals surface area contributed by atoms with Gasteiger partial charge < -0.3 is 5.73 Å². The van der Waals surface area contributed by atoms with Gasteiger partial charge in [0.15, 0.2) is 0 Å². The Kier molecular flexibility index (Phi) is 5.00. The van der Waals surface area contributed by atoms with E-state index in [0.717, 1.165) is 12.5 Å². The number of hydrogen-bond donors (Lipinski definition) is 1. The Morgan fingerprint density at radius 2 is 1.79 bits per heavy atom. The third-order valence-corrected chi connectivity index (χ3v) is 4.40. The first-order chi connectivity index (χ1) is 9.13. The van der Waals surface area contributed by atoms with Crippen molar-refractivity contribution in [3.8, 4) is 0 Å². The predicted octanol–water partition coefficient (Wildman–Crippen LogP) is 3.24. The number of hydrogen-bond acceptors (Lipinski definition) is 2. The fourth-order valence-corrected chi connectivity index (χ4v) is 2.93. The van der Waals surface area contributed by atoms with Crippen molar-refractivity contribution in [3.63, 3.8) is 0 Å². The highest BCUT2D eigenvalue weighted by Gasteiger charge is 2.31. The zero-order valence-electron chi connectivity index (χ0n) is 12.5. The standard InChI is InChI=1S/C17H28N2/c1-13(2)19(12-15-9-10-15)17(11-18)14(3)16-7-5-4-6-8-16/h4-8,13-15,17H,9-12,18H2,1-3H3. The van der Waals surface area contributed by atoms with Crippen LogP contribution < -0.4 is 5.73 Å². The molecule has 2 atom stereocenters. The lowest BCUT2D eigenvalue weighted by molar-refractivity contribution is 0.132. The summed E-state index contributed by atoms with van der Waals surface area (Å²) in [5, 5.41) is 0. The summed E-state index contributed by atoms with van der Waals surface area (Å²) in [7, 11) is 0. The molecule has 2 rings (SSSR count). The van der Waals surface area contributed by atoms with E-state index in [9.17, 15) is 0 Å². The molecule has 2 nitrogen and oxygen atoms in total. The van der Waals surface area contributed by atoms with Gasteiger partial charge in [-0.1, -0.05) is 37.3 Å². The van der Waals surface area contributed by atoms with Crippen molar-refractivity contribution in [1.29, 1.82) is 0 Å². The van der Waals surface area contributed by atoms with Gasteiger partial charge in [0.05, 0.1) is 0 Å². The molecule has 19 heavy (non-hydrogen) atoms. The number of benzene rings is 1. The maximum Gasteiger partial charge on any atom is 0.0287 e. The van der Waals surface area contributed by atoms with E-state index < -0.39 is 0 Å². The molecule has 2 heteroatoms. The highest BCUT2D eigenvalue weighted by molar-refractivity contribution is 5.21. The zero-order valence-corrected chi connectivity index (χ0v) is 12.5. The molecule has 0 heterocycles. The van der Waals surface area contributed by atoms with Gasteiger partial charge in [0.2, 0.25) is 0 Å². The Morgan fingerprint density at radius 3 is 2.26 bits per heavy atom. The van der Waals surface area contributed by atoms with Crippen molar-refractivity contribution in [3.05, 3.63) is 35.9 Å². The van der Waals surface area contributed by atoms with Gasteiger partial charge in [-0.3, -0.25) is 4.90 Å². The summed E-state index contributed by atoms with van der Waals surface area (Å²) in [6.45, 7) is 8.86. The lowest BCUT2D eigenvalue weighted by atomic mass is 9.91. The van der Waals surface area contributed by atoms with E-state index in [1.807, 2.05) is 0 Å². The van der Waals surface area contributed by atoms with Crippen molar-refractivity contribution in [2.75, 3.05) is 13.1 Å². The second-order valence-electron chi connectivity index (χ2n) is 6.24. The molecular formula is C17H28N2. The molecule has 1 aliphatic rings. The molecule has 0 aromatic heterocycles. The van der Waals surface area contributed by atoms with E-state index in [1.54, 1.807) is 0 Å². The second kappa shape index (κ2) is 6.53. The first-order valence-electron chi connectivity index (χ1n) is 7.64. The molecule has 1 aliphatic carbocycles. The summed E-state index contributed by atoms with van der Waals surface area (Å²) in [4.78, 5) is 2.62. The maximum absolute atomic E-state index is 6.10. The summed E-state index contributed by atoms with van der Waals surface area (Å²) in [6, 6.07) is 11.8. The molecule has 1 saturated carbocycles. The Hall–Kier alpha value is -0.860. The molecule has 0 amide bonds. The van der Waals surface area contributed by atoms with Gasteiger partial charge in [-0.05, 0) is 44.1 Å². The molecule has 0 radical (unpaired) electrons. The minimum absolute atomic E-state index is 0.447. The van der Waals surface area contributed by atoms with Gasteiger partial charge in [-0.15, -0.1) is 0 Å². The molecule has 0 spiro atoms. The topological polar surface area (TPSA) is 29.3 Å². The van der Waals surface area contributed by atoms with Crippen LogP contribution in [0.1, 0.15) is 45.1 Å². The van der Waals surface area contributed by atoms with Crippen LogP contribution in [0.5, 0.6) is 0 Å². The fraction of sp³-hybridized carbons (Fsp3) is 0.647. The van der Waals surface area contributed by atoms with Crippen molar-refractivity contribution < 1.29 is 0 Å². The minimum atomic E-state index is 0.447. The molecular weight excluding hydrogens is 232 g/mol. The number of nitrogens with two attached hydrogens (primary N) is 1. The van der Waals surface area contributed by atoms with E-state index in [0.29, 0.717) is 18.0 Å². The van der Waals surface area contributed by atoms with Crippen LogP contribution in [0.25, 0.3) is 0 Å². The average molecular weight is 260 g/mol. The summed E-state index contributed by atoms with van der Waals surface area (Å²) >= 11 is 0. The largest absolute Gasteiger partial charge is 0.329 e. The first kappa shape index (κ1) is 14.5. The molecule has 106 valence electrons. The molecule has 2 N–H and O–H groups in total. The number of nitrogens with zero attached hydrogens (tertiary/aromatic N) is 1. The van der Waals surface area contributed by atoms with Crippen LogP contribution in [0.2, 0.25) is 0 Å². The quantitative estimate of drug-likeness (QED) is 0.815. The zero-order chi connectivity index (χ0) is 13.8. The fourth-order valence-electron chi connectivity index (χ4n) is 2.93. The molecule has 0 saturated heterocycles. The van der Waals surface area contributed by atoms with Gasteiger partial charge in [0.25, 0.3) is 0 Å². The van der Waals surface area contributed by atoms with E-state index in [1.165, 1.54) is 24.9 Å². The normalized spacial score (nSPS) is 18.8. The maximum atomic E-state index is 6.10. The predicted molar refractivity (Wildman–Crippen MR) is 82.3 cm³/mol. The molecule has 0 aliphatic heterocycles. The third kappa shape index (κ3) is 3.80. The van der Waals surface area contributed by atoms with Gasteiger partial charge >= 0.3 is 0 Å². The lowest BCUT2D eigenvalue weighted by Gasteiger charge is -2.38. The second-order valence-corrected chi connectivity index (χ2v) is 6.24. The summed E-state index contributed by atoms with van der Waals surface area (Å²) < 4.78 is 0. The van der Waals surface area contributed by atoms with Crippen LogP contribution in [0.4, 0.5) is 0 Å². The highest BCUT2D eigenvalue weighted by atomic mass is 15.2. The van der Waals surface area contributed by atoms with Crippen molar-refractivity contribution in [2.45, 2.75) is 51.6 Å². The molecule has 1 fully saturated rings. The third-order valence-electron chi connectivity index (χ3n) is 4.40. The van der Waals surface area contributed by atoms with Crippen LogP contribution in [0.15, 0.2) is 30.3 Å². The smallest absolute Gasteiger partial charge is 0.0287 e. The lowest BCUT2D eigenvalue weighted by Crippen LogP contribution is -2.48. The number of rotatable bonds is 7. The summed E-state index contributed by atoms with van der Waals surface area (Å²) in [5.41, 5.74) is 7.51. The van der Waals surface area contributed by atoms with Crippen LogP contribution in [-0.4, -0.2) is 30.1 Å². The van der Waals surface area contributed by atoms with Crippen LogP contribution in [0, 0.1) is 5.92 Å². The van der Waals surface area contributed by atoms with Gasteiger partial charge in [-0.2, -0.15) is 0 Å². The molecule has 1 aromatic carbocycles. The van der Waals surface area contributed by atoms with Crippen LogP contribution in [0.3, 0.4) is 0 Å². The van der Waals surface area contributed by atoms with E-state index in [2.05, 4.69) is 56.0 Å². The van der Waals surface area contributed by atoms with E-state index >= 15 is 0 Å². The monoisotopic (exact) mass is 260 g/mol. The highest BCUT2D eigenvalue weighted by Crippen LogP contribution is 2.33.